The third-order valence-electron chi connectivity index (χ3n) is 4.76. The number of aliphatic imine (C=N–C) groups is 1. The third kappa shape index (κ3) is 4.37. The number of carboxylic acid groups (broad SMARTS) is 1. The second-order valence-electron chi connectivity index (χ2n) is 6.52. The first-order valence-corrected chi connectivity index (χ1v) is 8.52. The maximum atomic E-state index is 11.1. The van der Waals surface area contributed by atoms with Gasteiger partial charge >= 0.3 is 29.6 Å². The minimum absolute atomic E-state index is 0. The van der Waals surface area contributed by atoms with Crippen molar-refractivity contribution in [3.05, 3.63) is 0 Å². The van der Waals surface area contributed by atoms with Crippen molar-refractivity contribution in [1.29, 1.82) is 0 Å². The number of fused-ring (bicyclic) bond motifs is 1. The van der Waals surface area contributed by atoms with Crippen molar-refractivity contribution in [3.63, 3.8) is 0 Å². The molecule has 2 fully saturated rings. The van der Waals surface area contributed by atoms with Gasteiger partial charge in [0.2, 0.25) is 6.29 Å². The molecule has 0 saturated carbocycles. The number of ether oxygens (including phenoxy) is 4. The van der Waals surface area contributed by atoms with Gasteiger partial charge in [-0.15, -0.1) is 0 Å². The standard InChI is InChI=1S/C15H23NO11.Na/c1-2-5-16-6-11(7(18)4(3-17)24-14(6)25-5)26-15-10(21)8(19)9(20)12(27-15)13(22)23;/h4,6-12,14-15,17-21H,2-3H2,1H3,(H,22,23);/q;+1/p-1/t4-,6+,7-,8+,9+,10-,11-,12+,14+,15-;/m1./s1. The van der Waals surface area contributed by atoms with Crippen LogP contribution in [-0.4, -0.2) is 105 Å². The van der Waals surface area contributed by atoms with Crippen molar-refractivity contribution in [1.82, 2.24) is 0 Å². The molecule has 0 unspecified atom stereocenters. The van der Waals surface area contributed by atoms with Crippen molar-refractivity contribution in [2.24, 2.45) is 4.99 Å². The SMILES string of the molecule is CCC1=N[C@@H]2[C@H](O1)O[C@H](CO)[C@@H](O)[C@@H]2O[C@@H]1O[C@H](C(=O)[O-])[C@@H](O)[C@H](O)[C@H]1O.[Na+]. The van der Waals surface area contributed by atoms with Gasteiger partial charge in [0, 0.05) is 6.42 Å². The molecule has 0 aliphatic carbocycles. The molecule has 0 spiro atoms. The molecule has 0 bridgehead atoms. The fourth-order valence-electron chi connectivity index (χ4n) is 3.26. The molecule has 3 rings (SSSR count). The molecule has 0 radical (unpaired) electrons. The van der Waals surface area contributed by atoms with E-state index in [1.165, 1.54) is 0 Å². The summed E-state index contributed by atoms with van der Waals surface area (Å²) in [5.74, 6) is -1.48. The van der Waals surface area contributed by atoms with Crippen LogP contribution in [0.3, 0.4) is 0 Å². The Bertz CT molecular complexity index is 592. The molecule has 0 aromatic carbocycles. The van der Waals surface area contributed by atoms with Crippen molar-refractivity contribution in [2.45, 2.75) is 74.7 Å². The Hall–Kier alpha value is -0.380. The smallest absolute Gasteiger partial charge is 0.547 e. The van der Waals surface area contributed by atoms with E-state index >= 15 is 0 Å². The van der Waals surface area contributed by atoms with Crippen molar-refractivity contribution in [3.8, 4) is 0 Å². The molecule has 2 saturated heterocycles. The average molecular weight is 415 g/mol. The van der Waals surface area contributed by atoms with E-state index in [4.69, 9.17) is 18.9 Å². The van der Waals surface area contributed by atoms with Gasteiger partial charge < -0.3 is 54.4 Å². The van der Waals surface area contributed by atoms with Gasteiger partial charge in [-0.3, -0.25) is 0 Å². The molecule has 13 heteroatoms. The van der Waals surface area contributed by atoms with Crippen molar-refractivity contribution >= 4 is 11.9 Å². The Balaban J connectivity index is 0.00000280. The number of carbonyl (C=O) groups excluding carboxylic acids is 1. The molecule has 3 heterocycles. The Morgan fingerprint density at radius 2 is 1.82 bits per heavy atom. The van der Waals surface area contributed by atoms with Crippen LogP contribution in [0.4, 0.5) is 0 Å². The van der Waals surface area contributed by atoms with Gasteiger partial charge in [-0.05, 0) is 0 Å². The molecule has 12 nitrogen and oxygen atoms in total. The zero-order valence-electron chi connectivity index (χ0n) is 15.3. The summed E-state index contributed by atoms with van der Waals surface area (Å²) < 4.78 is 21.5. The number of carbonyl (C=O) groups is 1. The molecule has 3 aliphatic heterocycles. The van der Waals surface area contributed by atoms with Crippen LogP contribution < -0.4 is 34.7 Å². The van der Waals surface area contributed by atoms with E-state index in [0.717, 1.165) is 0 Å². The van der Waals surface area contributed by atoms with E-state index in [9.17, 15) is 35.4 Å². The molecule has 154 valence electrons. The van der Waals surface area contributed by atoms with Gasteiger partial charge in [-0.1, -0.05) is 6.92 Å². The van der Waals surface area contributed by atoms with Crippen LogP contribution in [0.15, 0.2) is 4.99 Å². The molecule has 10 atom stereocenters. The van der Waals surface area contributed by atoms with E-state index in [1.807, 2.05) is 0 Å². The normalized spacial score (nSPS) is 45.4. The number of rotatable bonds is 5. The number of hydrogen-bond acceptors (Lipinski definition) is 12. The molecular weight excluding hydrogens is 393 g/mol. The maximum Gasteiger partial charge on any atom is 1.00 e. The van der Waals surface area contributed by atoms with Crippen molar-refractivity contribution in [2.75, 3.05) is 6.61 Å². The summed E-state index contributed by atoms with van der Waals surface area (Å²) in [5, 5.41) is 60.6. The van der Waals surface area contributed by atoms with Crippen LogP contribution in [0, 0.1) is 0 Å². The number of aliphatic hydroxyl groups excluding tert-OH is 5. The Labute approximate surface area is 182 Å². The predicted octanol–water partition coefficient (Wildman–Crippen LogP) is -7.78. The zero-order chi connectivity index (χ0) is 19.9. The minimum Gasteiger partial charge on any atom is -0.547 e. The Kier molecular flexibility index (Phi) is 8.21. The molecule has 0 aromatic rings. The summed E-state index contributed by atoms with van der Waals surface area (Å²) in [7, 11) is 0. The Morgan fingerprint density at radius 3 is 2.39 bits per heavy atom. The molecule has 5 N–H and O–H groups in total. The second kappa shape index (κ2) is 9.62. The third-order valence-corrected chi connectivity index (χ3v) is 4.76. The van der Waals surface area contributed by atoms with Gasteiger partial charge in [0.05, 0.1) is 12.6 Å². The average Bonchev–Trinajstić information content (AvgIpc) is 3.06. The summed E-state index contributed by atoms with van der Waals surface area (Å²) in [6.45, 7) is 1.22. The number of nitrogens with zero attached hydrogens (tertiary/aromatic N) is 1. The summed E-state index contributed by atoms with van der Waals surface area (Å²) in [6, 6.07) is -0.876. The van der Waals surface area contributed by atoms with Crippen LogP contribution in [0.5, 0.6) is 0 Å². The number of aliphatic carboxylic acids is 1. The van der Waals surface area contributed by atoms with Crippen LogP contribution in [0.2, 0.25) is 0 Å². The second-order valence-corrected chi connectivity index (χ2v) is 6.52. The first-order valence-electron chi connectivity index (χ1n) is 8.52. The van der Waals surface area contributed by atoms with Crippen LogP contribution >= 0.6 is 0 Å². The first-order chi connectivity index (χ1) is 12.8. The predicted molar refractivity (Wildman–Crippen MR) is 80.9 cm³/mol. The molecular formula is C15H22NNaO11. The monoisotopic (exact) mass is 415 g/mol. The number of carboxylic acids is 1. The fraction of sp³-hybridized carbons (Fsp3) is 0.867. The van der Waals surface area contributed by atoms with Gasteiger partial charge in [0.15, 0.2) is 12.2 Å². The topological polar surface area (TPSA) is 191 Å². The van der Waals surface area contributed by atoms with Gasteiger partial charge in [0.25, 0.3) is 0 Å². The largest absolute Gasteiger partial charge is 1.00 e. The number of aliphatic hydroxyl groups is 5. The summed E-state index contributed by atoms with van der Waals surface area (Å²) >= 11 is 0. The molecule has 0 amide bonds. The van der Waals surface area contributed by atoms with Crippen LogP contribution in [0.1, 0.15) is 13.3 Å². The zero-order valence-corrected chi connectivity index (χ0v) is 17.3. The fourth-order valence-corrected chi connectivity index (χ4v) is 3.26. The Morgan fingerprint density at radius 1 is 1.14 bits per heavy atom. The number of hydrogen-bond donors (Lipinski definition) is 5. The van der Waals surface area contributed by atoms with Gasteiger partial charge in [-0.2, -0.15) is 0 Å². The molecule has 3 aliphatic rings. The minimum atomic E-state index is -1.95. The summed E-state index contributed by atoms with van der Waals surface area (Å²) in [5.41, 5.74) is 0. The van der Waals surface area contributed by atoms with E-state index in [0.29, 0.717) is 12.3 Å². The van der Waals surface area contributed by atoms with Crippen LogP contribution in [0.25, 0.3) is 0 Å². The van der Waals surface area contributed by atoms with Gasteiger partial charge in [0.1, 0.15) is 48.8 Å². The summed E-state index contributed by atoms with van der Waals surface area (Å²) in [4.78, 5) is 15.3. The quantitative estimate of drug-likeness (QED) is 0.268. The van der Waals surface area contributed by atoms with E-state index in [2.05, 4.69) is 4.99 Å². The van der Waals surface area contributed by atoms with Crippen LogP contribution in [-0.2, 0) is 23.7 Å². The maximum absolute atomic E-state index is 11.1. The summed E-state index contributed by atoms with van der Waals surface area (Å²) in [6.07, 6.45) is -13.5. The van der Waals surface area contributed by atoms with Gasteiger partial charge in [-0.25, -0.2) is 4.99 Å². The van der Waals surface area contributed by atoms with E-state index in [-0.39, 0.29) is 29.6 Å². The molecule has 28 heavy (non-hydrogen) atoms. The van der Waals surface area contributed by atoms with E-state index < -0.39 is 73.9 Å². The first kappa shape index (κ1) is 23.9. The van der Waals surface area contributed by atoms with Crippen molar-refractivity contribution < 1.29 is 83.9 Å². The van der Waals surface area contributed by atoms with E-state index in [1.54, 1.807) is 6.92 Å². The molecule has 0 aromatic heterocycles.